The molecule has 0 aliphatic rings. The van der Waals surface area contributed by atoms with Gasteiger partial charge in [-0.2, -0.15) is 4.98 Å². The first-order valence-corrected chi connectivity index (χ1v) is 9.93. The molecule has 0 unspecified atom stereocenters. The van der Waals surface area contributed by atoms with Crippen LogP contribution in [0.1, 0.15) is 10.8 Å². The van der Waals surface area contributed by atoms with Crippen LogP contribution in [-0.2, 0) is 4.79 Å². The zero-order valence-electron chi connectivity index (χ0n) is 15.3. The minimum Gasteiger partial charge on any atom is -0.495 e. The zero-order valence-corrected chi connectivity index (χ0v) is 16.9. The van der Waals surface area contributed by atoms with Crippen molar-refractivity contribution in [2.45, 2.75) is 10.4 Å². The minimum absolute atomic E-state index is 0.214. The van der Waals surface area contributed by atoms with Gasteiger partial charge in [0, 0.05) is 18.1 Å². The predicted octanol–water partition coefficient (Wildman–Crippen LogP) is 4.26. The van der Waals surface area contributed by atoms with Crippen LogP contribution in [0, 0.1) is 0 Å². The van der Waals surface area contributed by atoms with E-state index < -0.39 is 5.25 Å². The number of anilines is 1. The number of hydrogen-bond acceptors (Lipinski definition) is 6. The topological polar surface area (TPSA) is 81.4 Å². The third kappa shape index (κ3) is 4.33. The second-order valence-electron chi connectivity index (χ2n) is 6.01. The summed E-state index contributed by atoms with van der Waals surface area (Å²) >= 11 is 7.43. The Morgan fingerprint density at radius 1 is 1.21 bits per heavy atom. The van der Waals surface area contributed by atoms with Gasteiger partial charge in [-0.15, -0.1) is 5.10 Å². The fourth-order valence-electron chi connectivity index (χ4n) is 2.72. The first kappa shape index (κ1) is 19.2. The van der Waals surface area contributed by atoms with Crippen LogP contribution in [0.3, 0.4) is 0 Å². The van der Waals surface area contributed by atoms with Gasteiger partial charge in [-0.3, -0.25) is 4.79 Å². The van der Waals surface area contributed by atoms with Crippen LogP contribution >= 0.6 is 23.4 Å². The van der Waals surface area contributed by atoms with E-state index in [4.69, 9.17) is 16.3 Å². The average molecular weight is 426 g/mol. The molecule has 0 saturated heterocycles. The standard InChI is InChI=1S/C20H16ClN5O2S/c1-28-16-9-8-14(12-15(16)21)23-18(27)17(13-6-3-2-4-7-13)29-20-24-19-22-10-5-11-26(19)25-20/h2-12,17H,1H3,(H,23,27)/t17-/m1/s1. The van der Waals surface area contributed by atoms with Gasteiger partial charge in [0.15, 0.2) is 0 Å². The van der Waals surface area contributed by atoms with Crippen molar-refractivity contribution in [3.05, 3.63) is 77.6 Å². The fourth-order valence-corrected chi connectivity index (χ4v) is 3.92. The van der Waals surface area contributed by atoms with Crippen LogP contribution in [0.25, 0.3) is 5.78 Å². The second kappa shape index (κ2) is 8.50. The summed E-state index contributed by atoms with van der Waals surface area (Å²) in [5, 5.41) is 7.62. The summed E-state index contributed by atoms with van der Waals surface area (Å²) < 4.78 is 6.73. The van der Waals surface area contributed by atoms with E-state index in [1.54, 1.807) is 41.2 Å². The van der Waals surface area contributed by atoms with Gasteiger partial charge in [0.05, 0.1) is 12.1 Å². The van der Waals surface area contributed by atoms with Crippen molar-refractivity contribution in [2.75, 3.05) is 12.4 Å². The molecule has 0 aliphatic heterocycles. The highest BCUT2D eigenvalue weighted by molar-refractivity contribution is 8.00. The Morgan fingerprint density at radius 2 is 2.03 bits per heavy atom. The number of nitrogens with one attached hydrogen (secondary N) is 1. The average Bonchev–Trinajstić information content (AvgIpc) is 3.15. The molecule has 29 heavy (non-hydrogen) atoms. The van der Waals surface area contributed by atoms with E-state index in [1.165, 1.54) is 18.9 Å². The Hall–Kier alpha value is -3.10. The molecule has 0 spiro atoms. The van der Waals surface area contributed by atoms with E-state index in [1.807, 2.05) is 30.3 Å². The molecule has 2 aromatic heterocycles. The van der Waals surface area contributed by atoms with Gasteiger partial charge in [0.1, 0.15) is 11.0 Å². The van der Waals surface area contributed by atoms with Gasteiger partial charge in [0.2, 0.25) is 11.1 Å². The first-order valence-electron chi connectivity index (χ1n) is 8.67. The van der Waals surface area contributed by atoms with Crippen molar-refractivity contribution in [1.29, 1.82) is 0 Å². The lowest BCUT2D eigenvalue weighted by molar-refractivity contribution is -0.115. The number of nitrogens with zero attached hydrogens (tertiary/aromatic N) is 4. The monoisotopic (exact) mass is 425 g/mol. The van der Waals surface area contributed by atoms with E-state index >= 15 is 0 Å². The van der Waals surface area contributed by atoms with E-state index in [2.05, 4.69) is 20.4 Å². The maximum Gasteiger partial charge on any atom is 0.253 e. The van der Waals surface area contributed by atoms with Crippen molar-refractivity contribution in [3.63, 3.8) is 0 Å². The van der Waals surface area contributed by atoms with Gasteiger partial charge in [0.25, 0.3) is 5.78 Å². The van der Waals surface area contributed by atoms with Gasteiger partial charge in [-0.1, -0.05) is 53.7 Å². The molecule has 9 heteroatoms. The van der Waals surface area contributed by atoms with Crippen LogP contribution in [0.2, 0.25) is 5.02 Å². The zero-order chi connectivity index (χ0) is 20.2. The van der Waals surface area contributed by atoms with Crippen LogP contribution in [0.5, 0.6) is 5.75 Å². The molecule has 2 heterocycles. The second-order valence-corrected chi connectivity index (χ2v) is 7.49. The van der Waals surface area contributed by atoms with E-state index in [-0.39, 0.29) is 5.91 Å². The molecule has 1 N–H and O–H groups in total. The number of amides is 1. The van der Waals surface area contributed by atoms with Crippen LogP contribution in [0.4, 0.5) is 5.69 Å². The lowest BCUT2D eigenvalue weighted by atomic mass is 10.1. The normalized spacial score (nSPS) is 11.9. The van der Waals surface area contributed by atoms with Crippen molar-refractivity contribution >= 4 is 40.7 Å². The van der Waals surface area contributed by atoms with Crippen molar-refractivity contribution in [3.8, 4) is 5.75 Å². The number of ether oxygens (including phenoxy) is 1. The predicted molar refractivity (Wildman–Crippen MR) is 112 cm³/mol. The lowest BCUT2D eigenvalue weighted by Gasteiger charge is -2.16. The van der Waals surface area contributed by atoms with E-state index in [0.29, 0.717) is 27.4 Å². The summed E-state index contributed by atoms with van der Waals surface area (Å²) in [6.07, 6.45) is 3.41. The third-order valence-corrected chi connectivity index (χ3v) is 5.48. The number of carbonyl (C=O) groups excluding carboxylic acids is 1. The van der Waals surface area contributed by atoms with Crippen molar-refractivity contribution < 1.29 is 9.53 Å². The SMILES string of the molecule is COc1ccc(NC(=O)[C@H](Sc2nc3ncccn3n2)c2ccccc2)cc1Cl. The number of aromatic nitrogens is 4. The van der Waals surface area contributed by atoms with Gasteiger partial charge in [-0.25, -0.2) is 9.50 Å². The minimum atomic E-state index is -0.561. The third-order valence-electron chi connectivity index (χ3n) is 4.08. The molecule has 146 valence electrons. The molecule has 0 bridgehead atoms. The molecular formula is C20H16ClN5O2S. The highest BCUT2D eigenvalue weighted by Crippen LogP contribution is 2.35. The number of hydrogen-bond donors (Lipinski definition) is 1. The Morgan fingerprint density at radius 3 is 2.76 bits per heavy atom. The molecule has 0 fully saturated rings. The summed E-state index contributed by atoms with van der Waals surface area (Å²) in [5.41, 5.74) is 1.41. The van der Waals surface area contributed by atoms with Crippen LogP contribution in [-0.4, -0.2) is 32.6 Å². The van der Waals surface area contributed by atoms with Gasteiger partial charge < -0.3 is 10.1 Å². The highest BCUT2D eigenvalue weighted by Gasteiger charge is 2.24. The first-order chi connectivity index (χ1) is 14.1. The summed E-state index contributed by atoms with van der Waals surface area (Å²) in [4.78, 5) is 21.7. The smallest absolute Gasteiger partial charge is 0.253 e. The molecule has 1 atom stereocenters. The van der Waals surface area contributed by atoms with Gasteiger partial charge >= 0.3 is 0 Å². The van der Waals surface area contributed by atoms with Crippen LogP contribution < -0.4 is 10.1 Å². The number of methoxy groups -OCH3 is 1. The number of carbonyl (C=O) groups is 1. The Balaban J connectivity index is 1.61. The molecule has 0 saturated carbocycles. The molecule has 1 amide bonds. The maximum absolute atomic E-state index is 13.1. The maximum atomic E-state index is 13.1. The molecule has 7 nitrogen and oxygen atoms in total. The summed E-state index contributed by atoms with van der Waals surface area (Å²) in [5.74, 6) is 0.804. The molecule has 4 aromatic rings. The summed E-state index contributed by atoms with van der Waals surface area (Å²) in [7, 11) is 1.54. The van der Waals surface area contributed by atoms with Crippen molar-refractivity contribution in [1.82, 2.24) is 19.6 Å². The molecule has 2 aromatic carbocycles. The Labute approximate surface area is 176 Å². The molecular weight excluding hydrogens is 410 g/mol. The largest absolute Gasteiger partial charge is 0.495 e. The Bertz CT molecular complexity index is 1120. The van der Waals surface area contributed by atoms with Crippen molar-refractivity contribution in [2.24, 2.45) is 0 Å². The summed E-state index contributed by atoms with van der Waals surface area (Å²) in [6.45, 7) is 0. The number of thioether (sulfide) groups is 1. The summed E-state index contributed by atoms with van der Waals surface area (Å²) in [6, 6.07) is 16.3. The number of benzene rings is 2. The fraction of sp³-hybridized carbons (Fsp3) is 0.100. The Kier molecular flexibility index (Phi) is 5.64. The van der Waals surface area contributed by atoms with Gasteiger partial charge in [-0.05, 0) is 29.8 Å². The van der Waals surface area contributed by atoms with E-state index in [0.717, 1.165) is 5.56 Å². The molecule has 4 rings (SSSR count). The van der Waals surface area contributed by atoms with E-state index in [9.17, 15) is 4.79 Å². The quantitative estimate of drug-likeness (QED) is 0.465. The highest BCUT2D eigenvalue weighted by atomic mass is 35.5. The molecule has 0 radical (unpaired) electrons. The number of fused-ring (bicyclic) bond motifs is 1. The molecule has 0 aliphatic carbocycles. The number of halogens is 1. The van der Waals surface area contributed by atoms with Crippen LogP contribution in [0.15, 0.2) is 72.1 Å². The number of rotatable bonds is 6. The lowest BCUT2D eigenvalue weighted by Crippen LogP contribution is -2.19.